The highest BCUT2D eigenvalue weighted by Crippen LogP contribution is 2.22. The monoisotopic (exact) mass is 420 g/mol. The molecule has 28 heavy (non-hydrogen) atoms. The van der Waals surface area contributed by atoms with Gasteiger partial charge in [-0.1, -0.05) is 29.4 Å². The van der Waals surface area contributed by atoms with Crippen LogP contribution in [0, 0.1) is 12.7 Å². The SMILES string of the molecule is Cc1ccc(Cl)cc1NC(=O)CSc1nnc(COc2ccc(F)cc2)n1C. The van der Waals surface area contributed by atoms with Crippen molar-refractivity contribution >= 4 is 35.0 Å². The fourth-order valence-corrected chi connectivity index (χ4v) is 3.22. The molecular weight excluding hydrogens is 403 g/mol. The molecule has 0 saturated carbocycles. The number of hydrogen-bond donors (Lipinski definition) is 1. The van der Waals surface area contributed by atoms with Crippen molar-refractivity contribution in [2.24, 2.45) is 7.05 Å². The number of carbonyl (C=O) groups excluding carboxylic acids is 1. The van der Waals surface area contributed by atoms with Crippen LogP contribution in [0.4, 0.5) is 10.1 Å². The van der Waals surface area contributed by atoms with E-state index in [9.17, 15) is 9.18 Å². The lowest BCUT2D eigenvalue weighted by Crippen LogP contribution is -2.15. The van der Waals surface area contributed by atoms with Crippen LogP contribution in [-0.2, 0) is 18.4 Å². The van der Waals surface area contributed by atoms with Crippen LogP contribution in [0.2, 0.25) is 5.02 Å². The number of aromatic nitrogens is 3. The lowest BCUT2D eigenvalue weighted by molar-refractivity contribution is -0.113. The molecule has 0 spiro atoms. The van der Waals surface area contributed by atoms with Crippen molar-refractivity contribution in [2.45, 2.75) is 18.7 Å². The zero-order valence-electron chi connectivity index (χ0n) is 15.3. The van der Waals surface area contributed by atoms with E-state index in [-0.39, 0.29) is 24.1 Å². The first kappa shape index (κ1) is 20.2. The van der Waals surface area contributed by atoms with E-state index in [1.807, 2.05) is 13.0 Å². The summed E-state index contributed by atoms with van der Waals surface area (Å²) in [4.78, 5) is 12.2. The van der Waals surface area contributed by atoms with Crippen LogP contribution in [0.5, 0.6) is 5.75 Å². The number of ether oxygens (including phenoxy) is 1. The van der Waals surface area contributed by atoms with E-state index in [4.69, 9.17) is 16.3 Å². The van der Waals surface area contributed by atoms with Gasteiger partial charge < -0.3 is 14.6 Å². The van der Waals surface area contributed by atoms with Crippen LogP contribution in [0.15, 0.2) is 47.6 Å². The van der Waals surface area contributed by atoms with Gasteiger partial charge in [-0.05, 0) is 48.9 Å². The van der Waals surface area contributed by atoms with Gasteiger partial charge in [0.15, 0.2) is 11.0 Å². The number of carbonyl (C=O) groups is 1. The predicted molar refractivity (Wildman–Crippen MR) is 107 cm³/mol. The number of rotatable bonds is 7. The molecule has 0 saturated heterocycles. The minimum absolute atomic E-state index is 0.164. The summed E-state index contributed by atoms with van der Waals surface area (Å²) in [6.45, 7) is 2.08. The van der Waals surface area contributed by atoms with Crippen molar-refractivity contribution in [2.75, 3.05) is 11.1 Å². The third kappa shape index (κ3) is 5.24. The molecule has 1 N–H and O–H groups in total. The van der Waals surface area contributed by atoms with Crippen LogP contribution in [-0.4, -0.2) is 26.4 Å². The topological polar surface area (TPSA) is 69.0 Å². The standard InChI is InChI=1S/C19H18ClFN4O2S/c1-12-3-4-13(20)9-16(12)22-18(26)11-28-19-24-23-17(25(19)2)10-27-15-7-5-14(21)6-8-15/h3-9H,10-11H2,1-2H3,(H,22,26). The number of hydrogen-bond acceptors (Lipinski definition) is 5. The number of nitrogens with zero attached hydrogens (tertiary/aromatic N) is 3. The predicted octanol–water partition coefficient (Wildman–Crippen LogP) is 4.23. The third-order valence-electron chi connectivity index (χ3n) is 3.91. The Hall–Kier alpha value is -2.58. The summed E-state index contributed by atoms with van der Waals surface area (Å²) in [7, 11) is 1.80. The first-order chi connectivity index (χ1) is 13.4. The fraction of sp³-hybridized carbons (Fsp3) is 0.211. The van der Waals surface area contributed by atoms with Crippen LogP contribution in [0.3, 0.4) is 0 Å². The molecule has 146 valence electrons. The summed E-state index contributed by atoms with van der Waals surface area (Å²) >= 11 is 7.24. The molecule has 0 aliphatic heterocycles. The Morgan fingerprint density at radius 1 is 1.25 bits per heavy atom. The Labute approximate surface area is 171 Å². The minimum atomic E-state index is -0.323. The quantitative estimate of drug-likeness (QED) is 0.579. The molecule has 0 radical (unpaired) electrons. The number of aryl methyl sites for hydroxylation is 1. The molecule has 0 aliphatic carbocycles. The summed E-state index contributed by atoms with van der Waals surface area (Å²) in [5.41, 5.74) is 1.62. The van der Waals surface area contributed by atoms with E-state index in [0.717, 1.165) is 5.56 Å². The Morgan fingerprint density at radius 2 is 2.00 bits per heavy atom. The average molecular weight is 421 g/mol. The maximum atomic E-state index is 12.9. The molecule has 0 bridgehead atoms. The first-order valence-electron chi connectivity index (χ1n) is 8.38. The van der Waals surface area contributed by atoms with Gasteiger partial charge in [-0.25, -0.2) is 4.39 Å². The zero-order valence-corrected chi connectivity index (χ0v) is 16.9. The minimum Gasteiger partial charge on any atom is -0.486 e. The molecule has 0 unspecified atom stereocenters. The molecule has 1 heterocycles. The lowest BCUT2D eigenvalue weighted by Gasteiger charge is -2.09. The molecule has 1 aromatic heterocycles. The Bertz CT molecular complexity index is 979. The van der Waals surface area contributed by atoms with Gasteiger partial charge in [0.25, 0.3) is 0 Å². The Balaban J connectivity index is 1.54. The number of thioether (sulfide) groups is 1. The highest BCUT2D eigenvalue weighted by molar-refractivity contribution is 7.99. The van der Waals surface area contributed by atoms with Gasteiger partial charge >= 0.3 is 0 Å². The summed E-state index contributed by atoms with van der Waals surface area (Å²) in [5.74, 6) is 0.822. The Morgan fingerprint density at radius 3 is 2.75 bits per heavy atom. The molecule has 9 heteroatoms. The highest BCUT2D eigenvalue weighted by atomic mass is 35.5. The first-order valence-corrected chi connectivity index (χ1v) is 9.74. The van der Waals surface area contributed by atoms with Gasteiger partial charge in [-0.15, -0.1) is 10.2 Å². The molecule has 3 rings (SSSR count). The van der Waals surface area contributed by atoms with Crippen molar-refractivity contribution in [1.82, 2.24) is 14.8 Å². The average Bonchev–Trinajstić information content (AvgIpc) is 3.02. The van der Waals surface area contributed by atoms with Crippen LogP contribution in [0.1, 0.15) is 11.4 Å². The van der Waals surface area contributed by atoms with Crippen LogP contribution < -0.4 is 10.1 Å². The number of halogens is 2. The van der Waals surface area contributed by atoms with Crippen LogP contribution in [0.25, 0.3) is 0 Å². The summed E-state index contributed by atoms with van der Waals surface area (Å²) < 4.78 is 20.3. The molecule has 3 aromatic rings. The van der Waals surface area contributed by atoms with Crippen molar-refractivity contribution in [3.8, 4) is 5.75 Å². The normalized spacial score (nSPS) is 10.7. The molecular formula is C19H18ClFN4O2S. The molecule has 0 atom stereocenters. The summed E-state index contributed by atoms with van der Waals surface area (Å²) in [5, 5.41) is 12.2. The van der Waals surface area contributed by atoms with Crippen molar-refractivity contribution in [3.63, 3.8) is 0 Å². The lowest BCUT2D eigenvalue weighted by atomic mass is 10.2. The largest absolute Gasteiger partial charge is 0.486 e. The van der Waals surface area contributed by atoms with Gasteiger partial charge in [0.05, 0.1) is 5.75 Å². The second-order valence-corrected chi connectivity index (χ2v) is 7.38. The smallest absolute Gasteiger partial charge is 0.234 e. The second kappa shape index (κ2) is 9.07. The van der Waals surface area contributed by atoms with E-state index >= 15 is 0 Å². The van der Waals surface area contributed by atoms with Gasteiger partial charge in [-0.2, -0.15) is 0 Å². The maximum Gasteiger partial charge on any atom is 0.234 e. The van der Waals surface area contributed by atoms with E-state index in [1.54, 1.807) is 35.9 Å². The number of amides is 1. The highest BCUT2D eigenvalue weighted by Gasteiger charge is 2.13. The fourth-order valence-electron chi connectivity index (χ4n) is 2.32. The molecule has 6 nitrogen and oxygen atoms in total. The number of benzene rings is 2. The number of anilines is 1. The molecule has 2 aromatic carbocycles. The Kier molecular flexibility index (Phi) is 6.53. The van der Waals surface area contributed by atoms with Gasteiger partial charge in [0, 0.05) is 17.8 Å². The van der Waals surface area contributed by atoms with Crippen molar-refractivity contribution < 1.29 is 13.9 Å². The second-order valence-electron chi connectivity index (χ2n) is 6.00. The molecule has 1 amide bonds. The molecule has 0 aliphatic rings. The summed E-state index contributed by atoms with van der Waals surface area (Å²) in [6, 6.07) is 11.1. The maximum absolute atomic E-state index is 12.9. The van der Waals surface area contributed by atoms with Crippen molar-refractivity contribution in [1.29, 1.82) is 0 Å². The van der Waals surface area contributed by atoms with Gasteiger partial charge in [-0.3, -0.25) is 4.79 Å². The van der Waals surface area contributed by atoms with Gasteiger partial charge in [0.2, 0.25) is 5.91 Å². The van der Waals surface area contributed by atoms with E-state index in [1.165, 1.54) is 23.9 Å². The van der Waals surface area contributed by atoms with Gasteiger partial charge in [0.1, 0.15) is 18.2 Å². The van der Waals surface area contributed by atoms with E-state index in [0.29, 0.717) is 27.4 Å². The third-order valence-corrected chi connectivity index (χ3v) is 5.17. The van der Waals surface area contributed by atoms with E-state index < -0.39 is 0 Å². The number of nitrogens with one attached hydrogen (secondary N) is 1. The summed E-state index contributed by atoms with van der Waals surface area (Å²) in [6.07, 6.45) is 0. The van der Waals surface area contributed by atoms with Crippen molar-refractivity contribution in [3.05, 3.63) is 64.7 Å². The molecule has 0 fully saturated rings. The van der Waals surface area contributed by atoms with Crippen LogP contribution >= 0.6 is 23.4 Å². The van der Waals surface area contributed by atoms with E-state index in [2.05, 4.69) is 15.5 Å². The zero-order chi connectivity index (χ0) is 20.1.